The van der Waals surface area contributed by atoms with Gasteiger partial charge in [0.05, 0.1) is 11.0 Å². The van der Waals surface area contributed by atoms with Crippen LogP contribution in [-0.2, 0) is 6.54 Å². The van der Waals surface area contributed by atoms with Crippen LogP contribution in [0.5, 0.6) is 0 Å². The SMILES string of the molecule is Nc1ccc(Cn2cc(Br)c(=O)[nH]c2=O)c(Cl)c1. The molecule has 0 fully saturated rings. The minimum Gasteiger partial charge on any atom is -0.399 e. The molecular weight excluding hydrogens is 321 g/mol. The highest BCUT2D eigenvalue weighted by molar-refractivity contribution is 9.10. The second-order valence-corrected chi connectivity index (χ2v) is 4.98. The van der Waals surface area contributed by atoms with Crippen LogP contribution in [0, 0.1) is 0 Å². The van der Waals surface area contributed by atoms with Gasteiger partial charge in [0.25, 0.3) is 5.56 Å². The van der Waals surface area contributed by atoms with Crippen molar-refractivity contribution in [3.05, 3.63) is 60.3 Å². The first-order valence-corrected chi connectivity index (χ1v) is 6.17. The molecule has 0 atom stereocenters. The van der Waals surface area contributed by atoms with Crippen molar-refractivity contribution in [1.82, 2.24) is 9.55 Å². The highest BCUT2D eigenvalue weighted by Gasteiger charge is 2.06. The van der Waals surface area contributed by atoms with Crippen LogP contribution in [0.15, 0.2) is 38.5 Å². The Morgan fingerprint density at radius 1 is 1.39 bits per heavy atom. The van der Waals surface area contributed by atoms with E-state index < -0.39 is 11.2 Å². The van der Waals surface area contributed by atoms with Crippen LogP contribution in [-0.4, -0.2) is 9.55 Å². The number of anilines is 1. The largest absolute Gasteiger partial charge is 0.399 e. The first-order chi connectivity index (χ1) is 8.47. The van der Waals surface area contributed by atoms with Crippen LogP contribution in [0.2, 0.25) is 5.02 Å². The number of aromatic nitrogens is 2. The molecule has 0 aliphatic heterocycles. The van der Waals surface area contributed by atoms with E-state index in [0.717, 1.165) is 5.56 Å². The number of nitrogens with one attached hydrogen (secondary N) is 1. The van der Waals surface area contributed by atoms with Crippen molar-refractivity contribution >= 4 is 33.2 Å². The number of aromatic amines is 1. The fourth-order valence-electron chi connectivity index (χ4n) is 1.48. The highest BCUT2D eigenvalue weighted by atomic mass is 79.9. The van der Waals surface area contributed by atoms with Crippen LogP contribution >= 0.6 is 27.5 Å². The average molecular weight is 331 g/mol. The van der Waals surface area contributed by atoms with Gasteiger partial charge in [-0.15, -0.1) is 0 Å². The normalized spacial score (nSPS) is 10.6. The van der Waals surface area contributed by atoms with E-state index in [1.165, 1.54) is 10.8 Å². The van der Waals surface area contributed by atoms with Gasteiger partial charge in [0.15, 0.2) is 0 Å². The van der Waals surface area contributed by atoms with Crippen molar-refractivity contribution in [3.8, 4) is 0 Å². The third-order valence-corrected chi connectivity index (χ3v) is 3.30. The summed E-state index contributed by atoms with van der Waals surface area (Å²) >= 11 is 9.09. The Kier molecular flexibility index (Phi) is 3.58. The minimum atomic E-state index is -0.490. The number of hydrogen-bond donors (Lipinski definition) is 2. The van der Waals surface area contributed by atoms with E-state index in [-0.39, 0.29) is 11.0 Å². The maximum Gasteiger partial charge on any atom is 0.328 e. The summed E-state index contributed by atoms with van der Waals surface area (Å²) in [6, 6.07) is 5.05. The number of halogens is 2. The van der Waals surface area contributed by atoms with Crippen molar-refractivity contribution in [2.75, 3.05) is 5.73 Å². The maximum absolute atomic E-state index is 11.6. The Labute approximate surface area is 115 Å². The monoisotopic (exact) mass is 329 g/mol. The number of nitrogens with two attached hydrogens (primary N) is 1. The summed E-state index contributed by atoms with van der Waals surface area (Å²) in [6.45, 7) is 0.257. The molecule has 18 heavy (non-hydrogen) atoms. The molecule has 0 aliphatic rings. The van der Waals surface area contributed by atoms with E-state index >= 15 is 0 Å². The molecule has 2 aromatic rings. The van der Waals surface area contributed by atoms with Crippen LogP contribution in [0.25, 0.3) is 0 Å². The topological polar surface area (TPSA) is 80.9 Å². The smallest absolute Gasteiger partial charge is 0.328 e. The Balaban J connectivity index is 2.43. The second-order valence-electron chi connectivity index (χ2n) is 3.72. The summed E-state index contributed by atoms with van der Waals surface area (Å²) in [5, 5.41) is 0.476. The Bertz CT molecular complexity index is 708. The number of nitrogens with zero attached hydrogens (tertiary/aromatic N) is 1. The van der Waals surface area contributed by atoms with E-state index in [9.17, 15) is 9.59 Å². The lowest BCUT2D eigenvalue weighted by molar-refractivity contribution is 0.716. The first-order valence-electron chi connectivity index (χ1n) is 5.00. The second kappa shape index (κ2) is 4.99. The number of hydrogen-bond acceptors (Lipinski definition) is 3. The fourth-order valence-corrected chi connectivity index (χ4v) is 2.07. The molecule has 1 aromatic heterocycles. The molecule has 1 aromatic carbocycles. The summed E-state index contributed by atoms with van der Waals surface area (Å²) in [6.07, 6.45) is 1.42. The van der Waals surface area contributed by atoms with Gasteiger partial charge in [0.1, 0.15) is 0 Å². The van der Waals surface area contributed by atoms with E-state index in [1.54, 1.807) is 18.2 Å². The molecule has 0 saturated heterocycles. The van der Waals surface area contributed by atoms with Crippen LogP contribution < -0.4 is 17.0 Å². The number of rotatable bonds is 2. The van der Waals surface area contributed by atoms with E-state index in [1.807, 2.05) is 0 Å². The molecule has 0 spiro atoms. The van der Waals surface area contributed by atoms with Crippen molar-refractivity contribution in [1.29, 1.82) is 0 Å². The van der Waals surface area contributed by atoms with Crippen molar-refractivity contribution in [3.63, 3.8) is 0 Å². The molecule has 94 valence electrons. The molecule has 1 heterocycles. The van der Waals surface area contributed by atoms with Crippen LogP contribution in [0.4, 0.5) is 5.69 Å². The molecule has 0 bridgehead atoms. The third-order valence-electron chi connectivity index (χ3n) is 2.39. The molecule has 7 heteroatoms. The van der Waals surface area contributed by atoms with Crippen molar-refractivity contribution in [2.45, 2.75) is 6.54 Å². The van der Waals surface area contributed by atoms with E-state index in [2.05, 4.69) is 20.9 Å². The standard InChI is InChI=1S/C11H9BrClN3O2/c12-8-5-16(11(18)15-10(8)17)4-6-1-2-7(14)3-9(6)13/h1-3,5H,4,14H2,(H,15,17,18). The summed E-state index contributed by atoms with van der Waals surface area (Å²) in [4.78, 5) is 25.0. The Morgan fingerprint density at radius 2 is 2.11 bits per heavy atom. The molecule has 0 saturated carbocycles. The van der Waals surface area contributed by atoms with Gasteiger partial charge in [-0.3, -0.25) is 14.3 Å². The summed E-state index contributed by atoms with van der Waals surface area (Å²) in [5.74, 6) is 0. The van der Waals surface area contributed by atoms with Gasteiger partial charge in [0, 0.05) is 16.9 Å². The first kappa shape index (κ1) is 12.9. The molecule has 2 rings (SSSR count). The molecule has 0 amide bonds. The zero-order chi connectivity index (χ0) is 13.3. The predicted molar refractivity (Wildman–Crippen MR) is 74.0 cm³/mol. The van der Waals surface area contributed by atoms with Crippen molar-refractivity contribution < 1.29 is 0 Å². The van der Waals surface area contributed by atoms with Gasteiger partial charge >= 0.3 is 5.69 Å². The zero-order valence-electron chi connectivity index (χ0n) is 9.11. The average Bonchev–Trinajstić information content (AvgIpc) is 2.29. The Hall–Kier alpha value is -1.53. The van der Waals surface area contributed by atoms with Gasteiger partial charge in [-0.1, -0.05) is 17.7 Å². The number of benzene rings is 1. The molecule has 0 aliphatic carbocycles. The van der Waals surface area contributed by atoms with Gasteiger partial charge in [0.2, 0.25) is 0 Å². The summed E-state index contributed by atoms with van der Waals surface area (Å²) in [7, 11) is 0. The highest BCUT2D eigenvalue weighted by Crippen LogP contribution is 2.19. The lowest BCUT2D eigenvalue weighted by atomic mass is 10.2. The van der Waals surface area contributed by atoms with E-state index in [0.29, 0.717) is 10.7 Å². The van der Waals surface area contributed by atoms with Crippen LogP contribution in [0.1, 0.15) is 5.56 Å². The van der Waals surface area contributed by atoms with Gasteiger partial charge in [-0.05, 0) is 33.6 Å². The van der Waals surface area contributed by atoms with Gasteiger partial charge in [-0.25, -0.2) is 4.79 Å². The van der Waals surface area contributed by atoms with Gasteiger partial charge in [-0.2, -0.15) is 0 Å². The predicted octanol–water partition coefficient (Wildman–Crippen LogP) is 1.58. The van der Waals surface area contributed by atoms with Gasteiger partial charge < -0.3 is 5.73 Å². The third kappa shape index (κ3) is 2.65. The molecule has 5 nitrogen and oxygen atoms in total. The quantitative estimate of drug-likeness (QED) is 0.820. The molecular formula is C11H9BrClN3O2. The minimum absolute atomic E-state index is 0.257. The fraction of sp³-hybridized carbons (Fsp3) is 0.0909. The number of H-pyrrole nitrogens is 1. The maximum atomic E-state index is 11.6. The molecule has 3 N–H and O–H groups in total. The van der Waals surface area contributed by atoms with E-state index in [4.69, 9.17) is 17.3 Å². The Morgan fingerprint density at radius 3 is 2.78 bits per heavy atom. The number of nitrogen functional groups attached to an aromatic ring is 1. The zero-order valence-corrected chi connectivity index (χ0v) is 11.5. The van der Waals surface area contributed by atoms with Crippen molar-refractivity contribution in [2.24, 2.45) is 0 Å². The lowest BCUT2D eigenvalue weighted by Gasteiger charge is -2.08. The lowest BCUT2D eigenvalue weighted by Crippen LogP contribution is -2.30. The van der Waals surface area contributed by atoms with Crippen LogP contribution in [0.3, 0.4) is 0 Å². The molecule has 0 radical (unpaired) electrons. The summed E-state index contributed by atoms with van der Waals surface area (Å²) < 4.78 is 1.64. The summed E-state index contributed by atoms with van der Waals surface area (Å²) in [5.41, 5.74) is 5.94. The molecule has 0 unspecified atom stereocenters.